The van der Waals surface area contributed by atoms with Crippen LogP contribution in [0.5, 0.6) is 0 Å². The molecule has 0 unspecified atom stereocenters. The summed E-state index contributed by atoms with van der Waals surface area (Å²) in [6.45, 7) is 0. The summed E-state index contributed by atoms with van der Waals surface area (Å²) in [6, 6.07) is 20.5. The molecule has 0 amide bonds. The molecule has 126 valence electrons. The maximum absolute atomic E-state index is 8.90. The summed E-state index contributed by atoms with van der Waals surface area (Å²) in [6.07, 6.45) is 3.43. The van der Waals surface area contributed by atoms with Gasteiger partial charge in [0.25, 0.3) is 0 Å². The summed E-state index contributed by atoms with van der Waals surface area (Å²) >= 11 is -1.51. The second-order valence-corrected chi connectivity index (χ2v) is 14.6. The zero-order valence-electron chi connectivity index (χ0n) is 13.6. The first-order valence-corrected chi connectivity index (χ1v) is 14.5. The Morgan fingerprint density at radius 1 is 0.556 bits per heavy atom. The van der Waals surface area contributed by atoms with Crippen LogP contribution in [0.3, 0.4) is 0 Å². The molecule has 0 saturated carbocycles. The van der Waals surface area contributed by atoms with Crippen molar-refractivity contribution in [1.29, 1.82) is 21.0 Å². The van der Waals surface area contributed by atoms with Gasteiger partial charge in [0.05, 0.1) is 0 Å². The third-order valence-electron chi connectivity index (χ3n) is 3.40. The summed E-state index contributed by atoms with van der Waals surface area (Å²) in [4.78, 5) is 0. The second kappa shape index (κ2) is 9.45. The molecule has 0 radical (unpaired) electrons. The summed E-state index contributed by atoms with van der Waals surface area (Å²) in [7, 11) is 0. The van der Waals surface area contributed by atoms with Crippen molar-refractivity contribution in [2.24, 2.45) is 0 Å². The van der Waals surface area contributed by atoms with Gasteiger partial charge in [-0.25, -0.2) is 0 Å². The molecule has 0 fully saturated rings. The van der Waals surface area contributed by atoms with Gasteiger partial charge in [0, 0.05) is 0 Å². The molecule has 3 rings (SSSR count). The Bertz CT molecular complexity index is 1100. The van der Waals surface area contributed by atoms with Crippen molar-refractivity contribution in [3.8, 4) is 38.6 Å². The van der Waals surface area contributed by atoms with E-state index in [-0.39, 0.29) is 11.1 Å². The van der Waals surface area contributed by atoms with Gasteiger partial charge in [-0.15, -0.1) is 0 Å². The van der Waals surface area contributed by atoms with Gasteiger partial charge >= 0.3 is 188 Å². The third kappa shape index (κ3) is 4.95. The number of hydrogen-bond acceptors (Lipinski definition) is 4. The zero-order chi connectivity index (χ0) is 19.2. The van der Waals surface area contributed by atoms with Crippen LogP contribution in [-0.4, -0.2) is 61.3 Å². The van der Waals surface area contributed by atoms with E-state index in [1.807, 2.05) is 36.4 Å². The van der Waals surface area contributed by atoms with E-state index < -0.39 is 61.3 Å². The predicted molar refractivity (Wildman–Crippen MR) is 107 cm³/mol. The van der Waals surface area contributed by atoms with Crippen LogP contribution >= 0.6 is 0 Å². The van der Waals surface area contributed by atoms with E-state index in [1.54, 1.807) is 12.2 Å². The van der Waals surface area contributed by atoms with E-state index in [0.717, 1.165) is 7.16 Å². The van der Waals surface area contributed by atoms with Crippen LogP contribution in [0.25, 0.3) is 26.5 Å². The topological polar surface area (TPSA) is 95.2 Å². The Morgan fingerprint density at radius 3 is 1.26 bits per heavy atom. The van der Waals surface area contributed by atoms with Crippen LogP contribution < -0.4 is 0 Å². The van der Waals surface area contributed by atoms with E-state index in [1.165, 1.54) is 14.3 Å². The molecule has 3 aromatic rings. The second-order valence-electron chi connectivity index (χ2n) is 5.13. The quantitative estimate of drug-likeness (QED) is 0.312. The van der Waals surface area contributed by atoms with Crippen LogP contribution in [0.4, 0.5) is 0 Å². The molecule has 7 heteroatoms. The Balaban J connectivity index is 1.85. The molecule has 0 bridgehead atoms. The molecule has 0 saturated heterocycles. The van der Waals surface area contributed by atoms with Gasteiger partial charge in [0.1, 0.15) is 0 Å². The van der Waals surface area contributed by atoms with Crippen molar-refractivity contribution < 1.29 is 0 Å². The number of nitrogens with zero attached hydrogens (tertiary/aromatic N) is 4. The first-order valence-electron chi connectivity index (χ1n) is 7.51. The van der Waals surface area contributed by atoms with E-state index in [9.17, 15) is 0 Å². The molecule has 0 aromatic carbocycles. The Morgan fingerprint density at radius 2 is 0.889 bits per heavy atom. The normalized spacial score (nSPS) is 9.33. The third-order valence-corrected chi connectivity index (χ3v) is 15.3. The zero-order valence-corrected chi connectivity index (χ0v) is 20.6. The molecular weight excluding hydrogens is 679 g/mol. The Kier molecular flexibility index (Phi) is 7.00. The predicted octanol–water partition coefficient (Wildman–Crippen LogP) is 3.05. The van der Waals surface area contributed by atoms with Crippen LogP contribution in [0.2, 0.25) is 0 Å². The molecule has 3 aromatic heterocycles. The SMILES string of the molecule is N#CC(C#N)=Cc1ccc(-c2ccc(-c3ccc(C=C(C#N)C#N)[te]3)[te]2)[te]1. The van der Waals surface area contributed by atoms with Crippen LogP contribution in [0.1, 0.15) is 7.16 Å². The van der Waals surface area contributed by atoms with E-state index in [2.05, 4.69) is 24.3 Å². The van der Waals surface area contributed by atoms with Crippen molar-refractivity contribution in [2.75, 3.05) is 0 Å². The van der Waals surface area contributed by atoms with Gasteiger partial charge in [-0.2, -0.15) is 0 Å². The summed E-state index contributed by atoms with van der Waals surface area (Å²) < 4.78 is 7.94. The fraction of sp³-hybridized carbons (Fsp3) is 0. The van der Waals surface area contributed by atoms with Crippen molar-refractivity contribution >= 4 is 73.4 Å². The maximum atomic E-state index is 8.90. The molecule has 0 atom stereocenters. The van der Waals surface area contributed by atoms with Crippen LogP contribution in [0, 0.1) is 45.3 Å². The first-order chi connectivity index (χ1) is 13.2. The van der Waals surface area contributed by atoms with Gasteiger partial charge < -0.3 is 0 Å². The number of hydrogen-bond donors (Lipinski definition) is 0. The average molecular weight is 687 g/mol. The van der Waals surface area contributed by atoms with Crippen LogP contribution in [0.15, 0.2) is 47.5 Å². The molecule has 0 spiro atoms. The molecule has 0 N–H and O–H groups in total. The summed E-state index contributed by atoms with van der Waals surface area (Å²) in [5.74, 6) is 0. The number of allylic oxidation sites excluding steroid dienone is 2. The molecule has 0 aliphatic heterocycles. The molecule has 3 heterocycles. The molecule has 27 heavy (non-hydrogen) atoms. The van der Waals surface area contributed by atoms with Crippen molar-refractivity contribution in [1.82, 2.24) is 0 Å². The van der Waals surface area contributed by atoms with Crippen LogP contribution in [-0.2, 0) is 0 Å². The minimum absolute atomic E-state index is 0.166. The van der Waals surface area contributed by atoms with Crippen molar-refractivity contribution in [3.63, 3.8) is 0 Å². The van der Waals surface area contributed by atoms with Gasteiger partial charge in [-0.1, -0.05) is 0 Å². The monoisotopic (exact) mass is 694 g/mol. The molecule has 0 aliphatic carbocycles. The van der Waals surface area contributed by atoms with E-state index >= 15 is 0 Å². The summed E-state index contributed by atoms with van der Waals surface area (Å²) in [5, 5.41) is 35.6. The molecular formula is C20H8N4Te3. The Hall–Kier alpha value is -1.75. The van der Waals surface area contributed by atoms with Gasteiger partial charge in [0.2, 0.25) is 0 Å². The minimum atomic E-state index is -0.536. The average Bonchev–Trinajstić information content (AvgIpc) is 3.44. The fourth-order valence-corrected chi connectivity index (χ4v) is 12.8. The van der Waals surface area contributed by atoms with Crippen molar-refractivity contribution in [3.05, 3.63) is 54.7 Å². The standard InChI is InChI=1S/C20H8N4Te3/c21-9-13(10-22)7-15-1-3-17(25-15)19-5-6-20(27-19)18-4-2-16(26-18)8-14(11-23)12-24/h1-8H. The van der Waals surface area contributed by atoms with Crippen molar-refractivity contribution in [2.45, 2.75) is 0 Å². The van der Waals surface area contributed by atoms with E-state index in [0.29, 0.717) is 0 Å². The van der Waals surface area contributed by atoms with Gasteiger partial charge in [0.15, 0.2) is 0 Å². The Labute approximate surface area is 186 Å². The summed E-state index contributed by atoms with van der Waals surface area (Å²) in [5.41, 5.74) is 0.332. The van der Waals surface area contributed by atoms with Gasteiger partial charge in [-0.05, 0) is 0 Å². The molecule has 0 aliphatic rings. The number of nitriles is 4. The number of rotatable bonds is 4. The molecule has 4 nitrogen and oxygen atoms in total. The first kappa shape index (κ1) is 20.0. The van der Waals surface area contributed by atoms with Gasteiger partial charge in [-0.3, -0.25) is 0 Å². The fourth-order valence-electron chi connectivity index (χ4n) is 2.19. The van der Waals surface area contributed by atoms with E-state index in [4.69, 9.17) is 21.0 Å².